The fourth-order valence-corrected chi connectivity index (χ4v) is 4.39. The van der Waals surface area contributed by atoms with Gasteiger partial charge in [-0.2, -0.15) is 0 Å². The molecule has 0 amide bonds. The van der Waals surface area contributed by atoms with Gasteiger partial charge < -0.3 is 10.6 Å². The van der Waals surface area contributed by atoms with E-state index in [1.807, 2.05) is 0 Å². The average Bonchev–Trinajstić information content (AvgIpc) is 2.75. The summed E-state index contributed by atoms with van der Waals surface area (Å²) in [6, 6.07) is 0.694. The fourth-order valence-electron chi connectivity index (χ4n) is 4.39. The summed E-state index contributed by atoms with van der Waals surface area (Å²) in [6.45, 7) is 9.31. The molecule has 20 heavy (non-hydrogen) atoms. The summed E-state index contributed by atoms with van der Waals surface area (Å²) in [5, 5.41) is 0. The molecule has 3 atom stereocenters. The third-order valence-electron chi connectivity index (χ3n) is 5.80. The van der Waals surface area contributed by atoms with E-state index in [-0.39, 0.29) is 5.54 Å². The summed E-state index contributed by atoms with van der Waals surface area (Å²) in [5.74, 6) is 0.887. The van der Waals surface area contributed by atoms with Crippen LogP contribution in [0.4, 0.5) is 0 Å². The molecule has 0 radical (unpaired) electrons. The lowest BCUT2D eigenvalue weighted by atomic mass is 9.85. The Bertz CT molecular complexity index is 294. The molecule has 2 N–H and O–H groups in total. The van der Waals surface area contributed by atoms with Crippen LogP contribution >= 0.6 is 0 Å². The van der Waals surface area contributed by atoms with E-state index in [4.69, 9.17) is 5.73 Å². The Labute approximate surface area is 125 Å². The predicted molar refractivity (Wildman–Crippen MR) is 86.9 cm³/mol. The quantitative estimate of drug-likeness (QED) is 0.807. The summed E-state index contributed by atoms with van der Waals surface area (Å²) in [6.07, 6.45) is 9.29. The number of rotatable bonds is 3. The van der Waals surface area contributed by atoms with Crippen molar-refractivity contribution in [2.45, 2.75) is 70.4 Å². The minimum absolute atomic E-state index is 0.288. The summed E-state index contributed by atoms with van der Waals surface area (Å²) in [5.41, 5.74) is 6.62. The second kappa shape index (κ2) is 7.24. The molecule has 3 heteroatoms. The van der Waals surface area contributed by atoms with E-state index >= 15 is 0 Å². The molecule has 0 aromatic rings. The molecule has 1 saturated heterocycles. The molecule has 1 saturated carbocycles. The Hall–Kier alpha value is -0.120. The van der Waals surface area contributed by atoms with E-state index in [0.29, 0.717) is 6.04 Å². The molecular weight excluding hydrogens is 246 g/mol. The van der Waals surface area contributed by atoms with Crippen molar-refractivity contribution >= 4 is 0 Å². The number of hydrogen-bond acceptors (Lipinski definition) is 3. The Morgan fingerprint density at radius 3 is 2.65 bits per heavy atom. The predicted octanol–water partition coefficient (Wildman–Crippen LogP) is 2.70. The second-order valence-electron chi connectivity index (χ2n) is 7.34. The molecule has 0 bridgehead atoms. The first-order valence-corrected chi connectivity index (χ1v) is 8.76. The van der Waals surface area contributed by atoms with Crippen LogP contribution in [0.3, 0.4) is 0 Å². The molecule has 3 nitrogen and oxygen atoms in total. The van der Waals surface area contributed by atoms with Gasteiger partial charge in [-0.15, -0.1) is 0 Å². The highest BCUT2D eigenvalue weighted by molar-refractivity contribution is 4.98. The molecule has 0 spiro atoms. The molecule has 2 rings (SSSR count). The lowest BCUT2D eigenvalue weighted by Gasteiger charge is -2.47. The van der Waals surface area contributed by atoms with Gasteiger partial charge in [-0.3, -0.25) is 4.90 Å². The molecule has 2 aliphatic rings. The van der Waals surface area contributed by atoms with Crippen molar-refractivity contribution < 1.29 is 0 Å². The largest absolute Gasteiger partial charge is 0.329 e. The van der Waals surface area contributed by atoms with Crippen LogP contribution in [0.2, 0.25) is 0 Å². The van der Waals surface area contributed by atoms with Crippen LogP contribution in [-0.4, -0.2) is 54.6 Å². The van der Waals surface area contributed by atoms with Crippen LogP contribution < -0.4 is 5.73 Å². The lowest BCUT2D eigenvalue weighted by molar-refractivity contribution is 0.0340. The summed E-state index contributed by atoms with van der Waals surface area (Å²) >= 11 is 0. The number of nitrogens with zero attached hydrogens (tertiary/aromatic N) is 2. The normalized spacial score (nSPS) is 38.4. The molecule has 1 aliphatic heterocycles. The molecular formula is C17H35N3. The topological polar surface area (TPSA) is 32.5 Å². The van der Waals surface area contributed by atoms with Gasteiger partial charge in [0, 0.05) is 31.2 Å². The van der Waals surface area contributed by atoms with Gasteiger partial charge in [0.05, 0.1) is 0 Å². The highest BCUT2D eigenvalue weighted by atomic mass is 15.3. The van der Waals surface area contributed by atoms with Gasteiger partial charge in [-0.1, -0.05) is 26.7 Å². The molecule has 1 aliphatic carbocycles. The van der Waals surface area contributed by atoms with E-state index in [0.717, 1.165) is 12.5 Å². The van der Waals surface area contributed by atoms with Crippen LogP contribution in [0.5, 0.6) is 0 Å². The Balaban J connectivity index is 2.18. The van der Waals surface area contributed by atoms with Crippen molar-refractivity contribution in [1.29, 1.82) is 0 Å². The molecule has 118 valence electrons. The third kappa shape index (κ3) is 3.55. The minimum Gasteiger partial charge on any atom is -0.329 e. The van der Waals surface area contributed by atoms with E-state index in [2.05, 4.69) is 30.7 Å². The first kappa shape index (κ1) is 16.3. The SMILES string of the molecule is CCC1CN(C)CCCN1C1(CN)CCCC(C)CC1. The van der Waals surface area contributed by atoms with Crippen LogP contribution in [0.15, 0.2) is 0 Å². The highest BCUT2D eigenvalue weighted by Gasteiger charge is 2.40. The van der Waals surface area contributed by atoms with E-state index < -0.39 is 0 Å². The van der Waals surface area contributed by atoms with Crippen LogP contribution in [0.1, 0.15) is 58.8 Å². The Morgan fingerprint density at radius 2 is 1.95 bits per heavy atom. The zero-order valence-electron chi connectivity index (χ0n) is 13.9. The maximum absolute atomic E-state index is 6.33. The van der Waals surface area contributed by atoms with Gasteiger partial charge in [-0.05, 0) is 51.6 Å². The van der Waals surface area contributed by atoms with Crippen molar-refractivity contribution in [3.63, 3.8) is 0 Å². The molecule has 3 unspecified atom stereocenters. The highest BCUT2D eigenvalue weighted by Crippen LogP contribution is 2.36. The van der Waals surface area contributed by atoms with Crippen molar-refractivity contribution in [1.82, 2.24) is 9.80 Å². The summed E-state index contributed by atoms with van der Waals surface area (Å²) < 4.78 is 0. The average molecular weight is 281 g/mol. The summed E-state index contributed by atoms with van der Waals surface area (Å²) in [7, 11) is 2.27. The zero-order chi connectivity index (χ0) is 14.6. The zero-order valence-corrected chi connectivity index (χ0v) is 13.9. The van der Waals surface area contributed by atoms with Crippen molar-refractivity contribution in [2.24, 2.45) is 11.7 Å². The van der Waals surface area contributed by atoms with Gasteiger partial charge in [0.2, 0.25) is 0 Å². The third-order valence-corrected chi connectivity index (χ3v) is 5.80. The van der Waals surface area contributed by atoms with Crippen LogP contribution in [0, 0.1) is 5.92 Å². The number of hydrogen-bond donors (Lipinski definition) is 1. The first-order chi connectivity index (χ1) is 9.61. The maximum Gasteiger partial charge on any atom is 0.0335 e. The molecule has 0 aromatic carbocycles. The molecule has 0 aromatic heterocycles. The Morgan fingerprint density at radius 1 is 1.15 bits per heavy atom. The van der Waals surface area contributed by atoms with E-state index in [1.54, 1.807) is 0 Å². The van der Waals surface area contributed by atoms with Gasteiger partial charge in [0.1, 0.15) is 0 Å². The lowest BCUT2D eigenvalue weighted by Crippen LogP contribution is -2.58. The van der Waals surface area contributed by atoms with Crippen molar-refractivity contribution in [2.75, 3.05) is 33.2 Å². The smallest absolute Gasteiger partial charge is 0.0335 e. The van der Waals surface area contributed by atoms with Gasteiger partial charge in [0.15, 0.2) is 0 Å². The molecule has 1 heterocycles. The van der Waals surface area contributed by atoms with Crippen LogP contribution in [-0.2, 0) is 0 Å². The van der Waals surface area contributed by atoms with E-state index in [1.165, 1.54) is 64.6 Å². The fraction of sp³-hybridized carbons (Fsp3) is 1.00. The van der Waals surface area contributed by atoms with Gasteiger partial charge >= 0.3 is 0 Å². The number of likely N-dealkylation sites (N-methyl/N-ethyl adjacent to an activating group) is 1. The van der Waals surface area contributed by atoms with Crippen molar-refractivity contribution in [3.8, 4) is 0 Å². The van der Waals surface area contributed by atoms with Crippen LogP contribution in [0.25, 0.3) is 0 Å². The standard InChI is InChI=1S/C17H35N3/c1-4-16-13-19(3)11-6-12-20(16)17(14-18)9-5-7-15(2)8-10-17/h15-16H,4-14,18H2,1-3H3. The van der Waals surface area contributed by atoms with Crippen molar-refractivity contribution in [3.05, 3.63) is 0 Å². The van der Waals surface area contributed by atoms with E-state index in [9.17, 15) is 0 Å². The Kier molecular flexibility index (Phi) is 5.88. The minimum atomic E-state index is 0.288. The van der Waals surface area contributed by atoms with Gasteiger partial charge in [0.25, 0.3) is 0 Å². The number of nitrogens with two attached hydrogens (primary N) is 1. The molecule has 2 fully saturated rings. The maximum atomic E-state index is 6.33. The first-order valence-electron chi connectivity index (χ1n) is 8.76. The summed E-state index contributed by atoms with van der Waals surface area (Å²) in [4.78, 5) is 5.34. The second-order valence-corrected chi connectivity index (χ2v) is 7.34. The monoisotopic (exact) mass is 281 g/mol. The van der Waals surface area contributed by atoms with Gasteiger partial charge in [-0.25, -0.2) is 0 Å².